The molecule has 4 aromatic rings. The smallest absolute Gasteiger partial charge is 0.262 e. The fraction of sp³-hybridized carbons (Fsp3) is 0.0909. The van der Waals surface area contributed by atoms with Crippen LogP contribution in [0.1, 0.15) is 5.56 Å². The van der Waals surface area contributed by atoms with Crippen LogP contribution in [0.4, 0.5) is 11.4 Å². The number of nitrogens with one attached hydrogen (secondary N) is 1. The number of benzene rings is 2. The van der Waals surface area contributed by atoms with Gasteiger partial charge in [-0.25, -0.2) is 4.98 Å². The molecule has 0 atom stereocenters. The van der Waals surface area contributed by atoms with Crippen LogP contribution in [0.25, 0.3) is 16.9 Å². The standard InChI is InChI=1S/C22H19ClN4O2/c1-14-17(23)4-2-5-18(14)25-21(28)13-29-20-6-3-11-27-12-19(26-22(20)27)15-7-9-16(24)10-8-15/h2-12H,13,24H2,1H3,(H,25,28). The van der Waals surface area contributed by atoms with Gasteiger partial charge in [0.2, 0.25) is 0 Å². The second-order valence-corrected chi connectivity index (χ2v) is 7.01. The first-order valence-electron chi connectivity index (χ1n) is 9.02. The van der Waals surface area contributed by atoms with Crippen LogP contribution in [-0.4, -0.2) is 21.9 Å². The molecule has 1 amide bonds. The lowest BCUT2D eigenvalue weighted by Crippen LogP contribution is -2.20. The zero-order valence-corrected chi connectivity index (χ0v) is 16.5. The van der Waals surface area contributed by atoms with Gasteiger partial charge < -0.3 is 20.2 Å². The van der Waals surface area contributed by atoms with Gasteiger partial charge in [-0.05, 0) is 48.9 Å². The van der Waals surface area contributed by atoms with Crippen LogP contribution in [0.2, 0.25) is 5.02 Å². The van der Waals surface area contributed by atoms with E-state index < -0.39 is 0 Å². The predicted molar refractivity (Wildman–Crippen MR) is 115 cm³/mol. The number of anilines is 2. The number of rotatable bonds is 5. The van der Waals surface area contributed by atoms with E-state index in [1.807, 2.05) is 54.0 Å². The van der Waals surface area contributed by atoms with E-state index in [2.05, 4.69) is 10.3 Å². The van der Waals surface area contributed by atoms with Crippen molar-refractivity contribution in [2.24, 2.45) is 0 Å². The largest absolute Gasteiger partial charge is 0.480 e. The number of fused-ring (bicyclic) bond motifs is 1. The molecule has 29 heavy (non-hydrogen) atoms. The summed E-state index contributed by atoms with van der Waals surface area (Å²) >= 11 is 6.10. The van der Waals surface area contributed by atoms with Crippen LogP contribution in [0.15, 0.2) is 67.0 Å². The van der Waals surface area contributed by atoms with Gasteiger partial charge >= 0.3 is 0 Å². The molecule has 0 spiro atoms. The van der Waals surface area contributed by atoms with Gasteiger partial charge in [0, 0.05) is 34.4 Å². The number of amides is 1. The number of imidazole rings is 1. The topological polar surface area (TPSA) is 81.6 Å². The number of hydrogen-bond acceptors (Lipinski definition) is 4. The number of aromatic nitrogens is 2. The molecule has 2 aromatic carbocycles. The van der Waals surface area contributed by atoms with Crippen molar-refractivity contribution in [1.29, 1.82) is 0 Å². The molecule has 0 fully saturated rings. The Bertz CT molecular complexity index is 1190. The summed E-state index contributed by atoms with van der Waals surface area (Å²) in [5.74, 6) is 0.245. The molecule has 4 rings (SSSR count). The molecule has 0 saturated heterocycles. The van der Waals surface area contributed by atoms with E-state index in [0.717, 1.165) is 16.8 Å². The van der Waals surface area contributed by atoms with Crippen molar-refractivity contribution >= 4 is 34.5 Å². The van der Waals surface area contributed by atoms with Crippen LogP contribution in [0, 0.1) is 6.92 Å². The van der Waals surface area contributed by atoms with Crippen molar-refractivity contribution in [3.63, 3.8) is 0 Å². The van der Waals surface area contributed by atoms with Crippen molar-refractivity contribution in [3.05, 3.63) is 77.6 Å². The lowest BCUT2D eigenvalue weighted by atomic mass is 10.1. The van der Waals surface area contributed by atoms with Crippen molar-refractivity contribution < 1.29 is 9.53 Å². The molecular formula is C22H19ClN4O2. The minimum absolute atomic E-state index is 0.143. The number of nitrogens with two attached hydrogens (primary N) is 1. The van der Waals surface area contributed by atoms with Gasteiger partial charge in [-0.3, -0.25) is 4.79 Å². The predicted octanol–water partition coefficient (Wildman–Crippen LogP) is 4.56. The molecule has 146 valence electrons. The third kappa shape index (κ3) is 4.02. The number of carbonyl (C=O) groups excluding carboxylic acids is 1. The molecule has 2 heterocycles. The molecular weight excluding hydrogens is 388 g/mol. The lowest BCUT2D eigenvalue weighted by molar-refractivity contribution is -0.118. The van der Waals surface area contributed by atoms with E-state index in [-0.39, 0.29) is 12.5 Å². The molecule has 0 bridgehead atoms. The summed E-state index contributed by atoms with van der Waals surface area (Å²) in [6, 6.07) is 16.5. The Hall–Kier alpha value is -3.51. The van der Waals surface area contributed by atoms with E-state index in [1.165, 1.54) is 0 Å². The van der Waals surface area contributed by atoms with Gasteiger partial charge in [-0.15, -0.1) is 0 Å². The fourth-order valence-corrected chi connectivity index (χ4v) is 3.14. The summed E-state index contributed by atoms with van der Waals surface area (Å²) in [6.45, 7) is 1.71. The van der Waals surface area contributed by atoms with Gasteiger partial charge in [-0.2, -0.15) is 0 Å². The summed E-state index contributed by atoms with van der Waals surface area (Å²) in [5, 5.41) is 3.42. The third-order valence-electron chi connectivity index (χ3n) is 4.55. The highest BCUT2D eigenvalue weighted by Crippen LogP contribution is 2.26. The SMILES string of the molecule is Cc1c(Cl)cccc1NC(=O)COc1cccn2cc(-c3ccc(N)cc3)nc12. The van der Waals surface area contributed by atoms with E-state index in [9.17, 15) is 4.79 Å². The minimum Gasteiger partial charge on any atom is -0.480 e. The van der Waals surface area contributed by atoms with E-state index in [1.54, 1.807) is 24.3 Å². The molecule has 6 nitrogen and oxygen atoms in total. The van der Waals surface area contributed by atoms with Crippen LogP contribution >= 0.6 is 11.6 Å². The molecule has 0 aliphatic heterocycles. The quantitative estimate of drug-likeness (QED) is 0.476. The number of carbonyl (C=O) groups is 1. The summed E-state index contributed by atoms with van der Waals surface area (Å²) in [7, 11) is 0. The zero-order valence-electron chi connectivity index (χ0n) is 15.7. The Morgan fingerprint density at radius 3 is 2.76 bits per heavy atom. The zero-order chi connectivity index (χ0) is 20.4. The Kier molecular flexibility index (Phi) is 5.10. The Morgan fingerprint density at radius 1 is 1.17 bits per heavy atom. The molecule has 7 heteroatoms. The highest BCUT2D eigenvalue weighted by Gasteiger charge is 2.12. The first-order valence-corrected chi connectivity index (χ1v) is 9.40. The average Bonchev–Trinajstić information content (AvgIpc) is 3.15. The van der Waals surface area contributed by atoms with E-state index in [0.29, 0.717) is 27.8 Å². The van der Waals surface area contributed by atoms with Gasteiger partial charge in [-0.1, -0.05) is 29.8 Å². The van der Waals surface area contributed by atoms with Gasteiger partial charge in [0.15, 0.2) is 18.0 Å². The van der Waals surface area contributed by atoms with Crippen LogP contribution in [0.3, 0.4) is 0 Å². The molecule has 0 saturated carbocycles. The average molecular weight is 407 g/mol. The molecule has 3 N–H and O–H groups in total. The van der Waals surface area contributed by atoms with Gasteiger partial charge in [0.1, 0.15) is 0 Å². The summed E-state index contributed by atoms with van der Waals surface area (Å²) < 4.78 is 7.60. The number of nitrogens with zero attached hydrogens (tertiary/aromatic N) is 2. The molecule has 0 radical (unpaired) electrons. The maximum atomic E-state index is 12.3. The highest BCUT2D eigenvalue weighted by molar-refractivity contribution is 6.31. The Morgan fingerprint density at radius 2 is 1.97 bits per heavy atom. The third-order valence-corrected chi connectivity index (χ3v) is 4.96. The van der Waals surface area contributed by atoms with Gasteiger partial charge in [0.05, 0.1) is 5.69 Å². The second-order valence-electron chi connectivity index (χ2n) is 6.60. The molecule has 2 aromatic heterocycles. The lowest BCUT2D eigenvalue weighted by Gasteiger charge is -2.10. The monoisotopic (exact) mass is 406 g/mol. The normalized spacial score (nSPS) is 10.8. The number of halogens is 1. The number of ether oxygens (including phenoxy) is 1. The summed E-state index contributed by atoms with van der Waals surface area (Å²) in [5.41, 5.74) is 10.3. The van der Waals surface area contributed by atoms with E-state index >= 15 is 0 Å². The summed E-state index contributed by atoms with van der Waals surface area (Å²) in [4.78, 5) is 17.0. The second kappa shape index (κ2) is 7.85. The Balaban J connectivity index is 1.51. The summed E-state index contributed by atoms with van der Waals surface area (Å²) in [6.07, 6.45) is 3.79. The highest BCUT2D eigenvalue weighted by atomic mass is 35.5. The first-order chi connectivity index (χ1) is 14.0. The van der Waals surface area contributed by atoms with Gasteiger partial charge in [0.25, 0.3) is 5.91 Å². The Labute approximate surface area is 172 Å². The fourth-order valence-electron chi connectivity index (χ4n) is 2.97. The molecule has 0 aliphatic rings. The van der Waals surface area contributed by atoms with Crippen molar-refractivity contribution in [2.75, 3.05) is 17.7 Å². The minimum atomic E-state index is -0.275. The van der Waals surface area contributed by atoms with Crippen LogP contribution < -0.4 is 15.8 Å². The van der Waals surface area contributed by atoms with Crippen molar-refractivity contribution in [3.8, 4) is 17.0 Å². The van der Waals surface area contributed by atoms with Crippen LogP contribution in [-0.2, 0) is 4.79 Å². The number of hydrogen-bond donors (Lipinski definition) is 2. The molecule has 0 aliphatic carbocycles. The first kappa shape index (κ1) is 18.8. The van der Waals surface area contributed by atoms with Crippen LogP contribution in [0.5, 0.6) is 5.75 Å². The maximum absolute atomic E-state index is 12.3. The van der Waals surface area contributed by atoms with Crippen molar-refractivity contribution in [1.82, 2.24) is 9.38 Å². The number of nitrogen functional groups attached to an aromatic ring is 1. The molecule has 0 unspecified atom stereocenters. The van der Waals surface area contributed by atoms with Crippen molar-refractivity contribution in [2.45, 2.75) is 6.92 Å². The van der Waals surface area contributed by atoms with E-state index in [4.69, 9.17) is 22.1 Å². The maximum Gasteiger partial charge on any atom is 0.262 e. The number of pyridine rings is 1.